The number of para-hydroxylation sites is 1. The van der Waals surface area contributed by atoms with E-state index in [0.717, 1.165) is 12.0 Å². The number of halogens is 1. The van der Waals surface area contributed by atoms with Crippen molar-refractivity contribution in [2.24, 2.45) is 5.73 Å². The highest BCUT2D eigenvalue weighted by molar-refractivity contribution is 6.04. The molecule has 27 heavy (non-hydrogen) atoms. The van der Waals surface area contributed by atoms with E-state index >= 15 is 0 Å². The Morgan fingerprint density at radius 3 is 2.59 bits per heavy atom. The summed E-state index contributed by atoms with van der Waals surface area (Å²) in [6.07, 6.45) is 0.110. The second kappa shape index (κ2) is 9.39. The molecular weight excluding hydrogens is 366 g/mol. The number of hydrogen-bond donors (Lipinski definition) is 2. The molecule has 1 aliphatic rings. The zero-order chi connectivity index (χ0) is 18.5. The lowest BCUT2D eigenvalue weighted by atomic mass is 10.1. The minimum atomic E-state index is -0.635. The van der Waals surface area contributed by atoms with E-state index in [2.05, 4.69) is 5.32 Å². The molecule has 0 saturated heterocycles. The molecule has 0 radical (unpaired) electrons. The molecule has 1 heterocycles. The summed E-state index contributed by atoms with van der Waals surface area (Å²) < 4.78 is 5.70. The monoisotopic (exact) mass is 389 g/mol. The van der Waals surface area contributed by atoms with Gasteiger partial charge < -0.3 is 20.7 Å². The summed E-state index contributed by atoms with van der Waals surface area (Å²) in [5.41, 5.74) is 7.84. The van der Waals surface area contributed by atoms with Gasteiger partial charge >= 0.3 is 0 Å². The van der Waals surface area contributed by atoms with Gasteiger partial charge in [-0.25, -0.2) is 0 Å². The van der Waals surface area contributed by atoms with Crippen molar-refractivity contribution in [3.63, 3.8) is 0 Å². The molecular formula is C20H24ClN3O3. The summed E-state index contributed by atoms with van der Waals surface area (Å²) >= 11 is 0. The standard InChI is InChI=1S/C20H23N3O3.ClH/c1-14-19(24)22-17-9-5-8-16(18(17)26-14)20(25)23(13-11-21)12-10-15-6-3-2-4-7-15;/h2-9,14H,10-13,21H2,1H3,(H,22,24);1H. The van der Waals surface area contributed by atoms with Gasteiger partial charge in [-0.2, -0.15) is 0 Å². The van der Waals surface area contributed by atoms with Gasteiger partial charge in [0.2, 0.25) is 0 Å². The molecule has 6 nitrogen and oxygen atoms in total. The molecule has 2 aromatic rings. The first-order chi connectivity index (χ1) is 12.6. The molecule has 0 fully saturated rings. The fourth-order valence-electron chi connectivity index (χ4n) is 2.95. The van der Waals surface area contributed by atoms with Crippen molar-refractivity contribution < 1.29 is 14.3 Å². The maximum atomic E-state index is 13.1. The lowest BCUT2D eigenvalue weighted by molar-refractivity contribution is -0.122. The van der Waals surface area contributed by atoms with Gasteiger partial charge in [-0.3, -0.25) is 9.59 Å². The zero-order valence-corrected chi connectivity index (χ0v) is 16.0. The Bertz CT molecular complexity index is 798. The molecule has 7 heteroatoms. The predicted molar refractivity (Wildman–Crippen MR) is 108 cm³/mol. The van der Waals surface area contributed by atoms with Crippen LogP contribution in [0.15, 0.2) is 48.5 Å². The van der Waals surface area contributed by atoms with Crippen molar-refractivity contribution in [3.8, 4) is 5.75 Å². The fraction of sp³-hybridized carbons (Fsp3) is 0.300. The molecule has 3 N–H and O–H groups in total. The van der Waals surface area contributed by atoms with Gasteiger partial charge in [0.25, 0.3) is 11.8 Å². The van der Waals surface area contributed by atoms with Crippen LogP contribution in [0.3, 0.4) is 0 Å². The molecule has 1 atom stereocenters. The third kappa shape index (κ3) is 4.78. The third-order valence-corrected chi connectivity index (χ3v) is 4.37. The Labute approximate surface area is 165 Å². The molecule has 0 spiro atoms. The van der Waals surface area contributed by atoms with Gasteiger partial charge in [-0.05, 0) is 31.0 Å². The highest BCUT2D eigenvalue weighted by Crippen LogP contribution is 2.34. The third-order valence-electron chi connectivity index (χ3n) is 4.37. The Balaban J connectivity index is 0.00000261. The van der Waals surface area contributed by atoms with Gasteiger partial charge in [0.05, 0.1) is 11.3 Å². The normalized spacial score (nSPS) is 15.0. The molecule has 0 bridgehead atoms. The number of ether oxygens (including phenoxy) is 1. The van der Waals surface area contributed by atoms with Crippen LogP contribution in [0, 0.1) is 0 Å². The van der Waals surface area contributed by atoms with Gasteiger partial charge in [0, 0.05) is 19.6 Å². The smallest absolute Gasteiger partial charge is 0.265 e. The number of fused-ring (bicyclic) bond motifs is 1. The largest absolute Gasteiger partial charge is 0.478 e. The van der Waals surface area contributed by atoms with Crippen molar-refractivity contribution >= 4 is 29.9 Å². The molecule has 144 valence electrons. The number of rotatable bonds is 6. The number of amides is 2. The highest BCUT2D eigenvalue weighted by atomic mass is 35.5. The zero-order valence-electron chi connectivity index (χ0n) is 15.2. The SMILES string of the molecule is CC1Oc2c(cccc2C(=O)N(CCN)CCc2ccccc2)NC1=O.Cl. The number of benzene rings is 2. The number of carbonyl (C=O) groups excluding carboxylic acids is 2. The second-order valence-corrected chi connectivity index (χ2v) is 6.25. The lowest BCUT2D eigenvalue weighted by Crippen LogP contribution is -2.39. The minimum absolute atomic E-state index is 0. The molecule has 1 aliphatic heterocycles. The van der Waals surface area contributed by atoms with Crippen LogP contribution in [0.1, 0.15) is 22.8 Å². The van der Waals surface area contributed by atoms with Crippen LogP contribution in [-0.2, 0) is 11.2 Å². The minimum Gasteiger partial charge on any atom is -0.478 e. The van der Waals surface area contributed by atoms with E-state index in [0.29, 0.717) is 36.6 Å². The molecule has 0 aliphatic carbocycles. The number of carbonyl (C=O) groups is 2. The number of hydrogen-bond acceptors (Lipinski definition) is 4. The Morgan fingerprint density at radius 1 is 1.15 bits per heavy atom. The van der Waals surface area contributed by atoms with Gasteiger partial charge in [0.1, 0.15) is 0 Å². The Morgan fingerprint density at radius 2 is 1.89 bits per heavy atom. The Kier molecular flexibility index (Phi) is 7.21. The van der Waals surface area contributed by atoms with Crippen molar-refractivity contribution in [1.82, 2.24) is 4.90 Å². The maximum Gasteiger partial charge on any atom is 0.265 e. The summed E-state index contributed by atoms with van der Waals surface area (Å²) in [5.74, 6) is 0.0582. The Hall–Kier alpha value is -2.57. The van der Waals surface area contributed by atoms with Crippen LogP contribution < -0.4 is 15.8 Å². The van der Waals surface area contributed by atoms with E-state index in [1.165, 1.54) is 0 Å². The van der Waals surface area contributed by atoms with Crippen molar-refractivity contribution in [2.45, 2.75) is 19.4 Å². The number of nitrogens with zero attached hydrogens (tertiary/aromatic N) is 1. The van der Waals surface area contributed by atoms with Crippen LogP contribution in [0.25, 0.3) is 0 Å². The maximum absolute atomic E-state index is 13.1. The summed E-state index contributed by atoms with van der Waals surface area (Å²) in [5, 5.41) is 2.77. The topological polar surface area (TPSA) is 84.7 Å². The van der Waals surface area contributed by atoms with E-state index in [1.807, 2.05) is 30.3 Å². The number of anilines is 1. The lowest BCUT2D eigenvalue weighted by Gasteiger charge is -2.28. The van der Waals surface area contributed by atoms with Crippen molar-refractivity contribution in [3.05, 3.63) is 59.7 Å². The van der Waals surface area contributed by atoms with Crippen LogP contribution in [-0.4, -0.2) is 42.5 Å². The second-order valence-electron chi connectivity index (χ2n) is 6.25. The number of nitrogens with two attached hydrogens (primary N) is 1. The van der Waals surface area contributed by atoms with E-state index in [4.69, 9.17) is 10.5 Å². The molecule has 2 aromatic carbocycles. The van der Waals surface area contributed by atoms with Crippen molar-refractivity contribution in [2.75, 3.05) is 25.0 Å². The van der Waals surface area contributed by atoms with Gasteiger partial charge in [0.15, 0.2) is 11.9 Å². The van der Waals surface area contributed by atoms with Crippen LogP contribution in [0.4, 0.5) is 5.69 Å². The van der Waals surface area contributed by atoms with E-state index in [-0.39, 0.29) is 24.2 Å². The average molecular weight is 390 g/mol. The van der Waals surface area contributed by atoms with Gasteiger partial charge in [-0.1, -0.05) is 36.4 Å². The van der Waals surface area contributed by atoms with Crippen LogP contribution >= 0.6 is 12.4 Å². The predicted octanol–water partition coefficient (Wildman–Crippen LogP) is 2.47. The average Bonchev–Trinajstić information content (AvgIpc) is 2.66. The fourth-order valence-corrected chi connectivity index (χ4v) is 2.95. The highest BCUT2D eigenvalue weighted by Gasteiger charge is 2.29. The summed E-state index contributed by atoms with van der Waals surface area (Å²) in [4.78, 5) is 26.6. The molecule has 0 saturated carbocycles. The summed E-state index contributed by atoms with van der Waals surface area (Å²) in [6, 6.07) is 15.2. The first-order valence-electron chi connectivity index (χ1n) is 8.74. The van der Waals surface area contributed by atoms with Gasteiger partial charge in [-0.15, -0.1) is 12.4 Å². The van der Waals surface area contributed by atoms with Crippen LogP contribution in [0.2, 0.25) is 0 Å². The summed E-state index contributed by atoms with van der Waals surface area (Å²) in [6.45, 7) is 3.05. The van der Waals surface area contributed by atoms with Crippen molar-refractivity contribution in [1.29, 1.82) is 0 Å². The molecule has 2 amide bonds. The van der Waals surface area contributed by atoms with Crippen LogP contribution in [0.5, 0.6) is 5.75 Å². The van der Waals surface area contributed by atoms with E-state index < -0.39 is 6.10 Å². The molecule has 1 unspecified atom stereocenters. The van der Waals surface area contributed by atoms with E-state index in [1.54, 1.807) is 30.0 Å². The quantitative estimate of drug-likeness (QED) is 0.794. The number of nitrogens with one attached hydrogen (secondary N) is 1. The first-order valence-corrected chi connectivity index (χ1v) is 8.74. The summed E-state index contributed by atoms with van der Waals surface area (Å²) in [7, 11) is 0. The molecule has 3 rings (SSSR count). The first kappa shape index (κ1) is 20.7. The van der Waals surface area contributed by atoms with E-state index in [9.17, 15) is 9.59 Å². The molecule has 0 aromatic heterocycles.